The minimum Gasteiger partial charge on any atom is -0.464 e. The lowest BCUT2D eigenvalue weighted by molar-refractivity contribution is -0.145. The lowest BCUT2D eigenvalue weighted by Gasteiger charge is -2.44. The topological polar surface area (TPSA) is 82.1 Å². The van der Waals surface area contributed by atoms with Gasteiger partial charge in [0, 0.05) is 12.8 Å². The Hall–Kier alpha value is -2.48. The monoisotopic (exact) mass is 442 g/mol. The van der Waals surface area contributed by atoms with Crippen LogP contribution in [0.2, 0.25) is 5.04 Å². The van der Waals surface area contributed by atoms with E-state index in [9.17, 15) is 9.59 Å². The zero-order valence-corrected chi connectivity index (χ0v) is 19.2. The minimum absolute atomic E-state index is 0.126. The maximum absolute atomic E-state index is 12.1. The van der Waals surface area contributed by atoms with E-state index < -0.39 is 26.5 Å². The average Bonchev–Trinajstić information content (AvgIpc) is 3.34. The van der Waals surface area contributed by atoms with Gasteiger partial charge in [0.25, 0.3) is 8.32 Å². The first-order valence-electron chi connectivity index (χ1n) is 10.6. The summed E-state index contributed by atoms with van der Waals surface area (Å²) in [6.07, 6.45) is -0.237. The van der Waals surface area contributed by atoms with Crippen molar-refractivity contribution >= 4 is 30.6 Å². The van der Waals surface area contributed by atoms with Crippen LogP contribution in [0.1, 0.15) is 33.6 Å². The summed E-state index contributed by atoms with van der Waals surface area (Å²) in [5.41, 5.74) is 0. The van der Waals surface area contributed by atoms with Crippen LogP contribution in [0.25, 0.3) is 0 Å². The Morgan fingerprint density at radius 3 is 1.65 bits per heavy atom. The second-order valence-corrected chi connectivity index (χ2v) is 13.0. The molecule has 31 heavy (non-hydrogen) atoms. The van der Waals surface area contributed by atoms with Crippen LogP contribution in [0.3, 0.4) is 0 Å². The number of carbonyl (C=O) groups excluding carboxylic acids is 2. The predicted octanol–water partition coefficient (Wildman–Crippen LogP) is 2.17. The van der Waals surface area contributed by atoms with Gasteiger partial charge in [0.1, 0.15) is 6.10 Å². The van der Waals surface area contributed by atoms with E-state index in [0.717, 1.165) is 0 Å². The fourth-order valence-corrected chi connectivity index (χ4v) is 8.63. The van der Waals surface area contributed by atoms with Crippen LogP contribution in [-0.4, -0.2) is 50.8 Å². The molecule has 0 aromatic heterocycles. The molecular formula is C24H30O6Si. The Morgan fingerprint density at radius 1 is 0.839 bits per heavy atom. The summed E-state index contributed by atoms with van der Waals surface area (Å²) in [5, 5.41) is 10.8. The molecule has 2 aromatic rings. The molecule has 6 nitrogen and oxygen atoms in total. The molecular weight excluding hydrogens is 412 g/mol. The third kappa shape index (κ3) is 5.06. The van der Waals surface area contributed by atoms with Crippen LogP contribution in [0, 0.1) is 0 Å². The normalized spacial score (nSPS) is 21.2. The van der Waals surface area contributed by atoms with Gasteiger partial charge in [-0.25, -0.2) is 9.59 Å². The molecule has 166 valence electrons. The summed E-state index contributed by atoms with van der Waals surface area (Å²) in [6.45, 7) is 7.44. The smallest absolute Gasteiger partial charge is 0.335 e. The van der Waals surface area contributed by atoms with E-state index in [0.29, 0.717) is 26.1 Å². The molecule has 2 aromatic carbocycles. The largest absolute Gasteiger partial charge is 0.464 e. The van der Waals surface area contributed by atoms with Crippen LogP contribution >= 0.6 is 0 Å². The molecule has 0 amide bonds. The number of aliphatic hydroxyl groups excluding tert-OH is 1. The molecule has 2 heterocycles. The SMILES string of the molecule is CC(C)(C)[Si](O[C@H]1CCOC1=O)(c1ccccc1)c1ccccc1.O=C1OCC[C@@H]1O. The molecule has 2 aliphatic rings. The second kappa shape index (κ2) is 9.76. The molecule has 0 radical (unpaired) electrons. The Morgan fingerprint density at radius 2 is 1.32 bits per heavy atom. The summed E-state index contributed by atoms with van der Waals surface area (Å²) in [4.78, 5) is 22.2. The molecule has 2 fully saturated rings. The Kier molecular flexibility index (Phi) is 7.30. The number of carbonyl (C=O) groups is 2. The molecule has 7 heteroatoms. The summed E-state index contributed by atoms with van der Waals surface area (Å²) < 4.78 is 16.2. The number of ether oxygens (including phenoxy) is 2. The number of cyclic esters (lactones) is 2. The summed E-state index contributed by atoms with van der Waals surface area (Å²) in [5.74, 6) is -0.719. The molecule has 0 aliphatic carbocycles. The molecule has 1 N–H and O–H groups in total. The zero-order valence-electron chi connectivity index (χ0n) is 18.2. The lowest BCUT2D eigenvalue weighted by Crippen LogP contribution is -2.68. The minimum atomic E-state index is -2.66. The Balaban J connectivity index is 0.000000330. The first-order valence-corrected chi connectivity index (χ1v) is 12.5. The number of hydrogen-bond donors (Lipinski definition) is 1. The van der Waals surface area contributed by atoms with Crippen molar-refractivity contribution in [3.8, 4) is 0 Å². The quantitative estimate of drug-likeness (QED) is 0.577. The highest BCUT2D eigenvalue weighted by molar-refractivity contribution is 6.99. The molecule has 2 atom stereocenters. The molecule has 0 saturated carbocycles. The molecule has 2 aliphatic heterocycles. The van der Waals surface area contributed by atoms with Crippen molar-refractivity contribution in [2.45, 2.75) is 50.9 Å². The molecule has 2 saturated heterocycles. The van der Waals surface area contributed by atoms with Crippen molar-refractivity contribution in [1.82, 2.24) is 0 Å². The van der Waals surface area contributed by atoms with Gasteiger partial charge in [0.15, 0.2) is 6.10 Å². The number of aliphatic hydroxyl groups is 1. The highest BCUT2D eigenvalue weighted by Gasteiger charge is 2.53. The van der Waals surface area contributed by atoms with Crippen molar-refractivity contribution in [2.24, 2.45) is 0 Å². The highest BCUT2D eigenvalue weighted by atomic mass is 28.4. The first-order chi connectivity index (χ1) is 14.8. The average molecular weight is 443 g/mol. The summed E-state index contributed by atoms with van der Waals surface area (Å²) in [7, 11) is -2.66. The van der Waals surface area contributed by atoms with Crippen molar-refractivity contribution in [1.29, 1.82) is 0 Å². The van der Waals surface area contributed by atoms with Gasteiger partial charge in [-0.15, -0.1) is 0 Å². The molecule has 0 spiro atoms. The van der Waals surface area contributed by atoms with E-state index in [1.807, 2.05) is 36.4 Å². The third-order valence-corrected chi connectivity index (χ3v) is 10.6. The van der Waals surface area contributed by atoms with E-state index in [2.05, 4.69) is 49.8 Å². The van der Waals surface area contributed by atoms with E-state index >= 15 is 0 Å². The summed E-state index contributed by atoms with van der Waals surface area (Å²) in [6, 6.07) is 20.7. The second-order valence-electron chi connectivity index (χ2n) is 8.70. The van der Waals surface area contributed by atoms with Crippen LogP contribution < -0.4 is 10.4 Å². The zero-order chi connectivity index (χ0) is 22.5. The number of esters is 2. The van der Waals surface area contributed by atoms with E-state index in [1.165, 1.54) is 10.4 Å². The fraction of sp³-hybridized carbons (Fsp3) is 0.417. The lowest BCUT2D eigenvalue weighted by atomic mass is 10.2. The maximum atomic E-state index is 12.1. The highest BCUT2D eigenvalue weighted by Crippen LogP contribution is 2.38. The number of hydrogen-bond acceptors (Lipinski definition) is 6. The van der Waals surface area contributed by atoms with E-state index in [4.69, 9.17) is 14.3 Å². The van der Waals surface area contributed by atoms with Crippen LogP contribution in [0.4, 0.5) is 0 Å². The predicted molar refractivity (Wildman–Crippen MR) is 120 cm³/mol. The van der Waals surface area contributed by atoms with Gasteiger partial charge in [-0.2, -0.15) is 0 Å². The van der Waals surface area contributed by atoms with Gasteiger partial charge < -0.3 is 19.0 Å². The van der Waals surface area contributed by atoms with Crippen LogP contribution in [0.15, 0.2) is 60.7 Å². The van der Waals surface area contributed by atoms with Crippen LogP contribution in [0.5, 0.6) is 0 Å². The fourth-order valence-electron chi connectivity index (χ4n) is 3.97. The Bertz CT molecular complexity index is 838. The van der Waals surface area contributed by atoms with Gasteiger partial charge in [-0.1, -0.05) is 81.4 Å². The molecule has 4 rings (SSSR count). The van der Waals surface area contributed by atoms with Gasteiger partial charge >= 0.3 is 11.9 Å². The van der Waals surface area contributed by atoms with Crippen molar-refractivity contribution < 1.29 is 28.6 Å². The van der Waals surface area contributed by atoms with Crippen molar-refractivity contribution in [3.05, 3.63) is 60.7 Å². The number of benzene rings is 2. The van der Waals surface area contributed by atoms with Crippen molar-refractivity contribution in [3.63, 3.8) is 0 Å². The van der Waals surface area contributed by atoms with Gasteiger partial charge in [-0.05, 0) is 15.4 Å². The third-order valence-electron chi connectivity index (χ3n) is 5.53. The van der Waals surface area contributed by atoms with E-state index in [-0.39, 0.29) is 11.0 Å². The summed E-state index contributed by atoms with van der Waals surface area (Å²) >= 11 is 0. The Labute approximate surface area is 184 Å². The standard InChI is InChI=1S/C20H24O3Si.C4H6O3/c1-20(2,3)24(16-10-6-4-7-11-16,17-12-8-5-9-13-17)23-18-14-15-22-19(18)21;5-3-1-2-7-4(3)6/h4-13,18H,14-15H2,1-3H3;3,5H,1-2H2/t18-;3-/m00/s1. The maximum Gasteiger partial charge on any atom is 0.335 e. The van der Waals surface area contributed by atoms with Gasteiger partial charge in [0.2, 0.25) is 0 Å². The van der Waals surface area contributed by atoms with Gasteiger partial charge in [0.05, 0.1) is 13.2 Å². The molecule has 0 unspecified atom stereocenters. The van der Waals surface area contributed by atoms with Crippen LogP contribution in [-0.2, 0) is 23.5 Å². The first kappa shape index (κ1) is 23.2. The van der Waals surface area contributed by atoms with Crippen molar-refractivity contribution in [2.75, 3.05) is 13.2 Å². The molecule has 0 bridgehead atoms. The van der Waals surface area contributed by atoms with Gasteiger partial charge in [-0.3, -0.25) is 0 Å². The number of rotatable bonds is 4. The van der Waals surface area contributed by atoms with E-state index in [1.54, 1.807) is 0 Å².